The molecular formula is C17H18BrCl. The van der Waals surface area contributed by atoms with Gasteiger partial charge >= 0.3 is 0 Å². The average Bonchev–Trinajstić information content (AvgIpc) is 2.41. The third kappa shape index (κ3) is 3.40. The summed E-state index contributed by atoms with van der Waals surface area (Å²) in [6.07, 6.45) is 0. The van der Waals surface area contributed by atoms with E-state index in [1.54, 1.807) is 0 Å². The van der Waals surface area contributed by atoms with Gasteiger partial charge in [0.25, 0.3) is 0 Å². The summed E-state index contributed by atoms with van der Waals surface area (Å²) < 4.78 is 1.12. The van der Waals surface area contributed by atoms with Gasteiger partial charge in [0.2, 0.25) is 0 Å². The van der Waals surface area contributed by atoms with Crippen LogP contribution in [0.3, 0.4) is 0 Å². The quantitative estimate of drug-likeness (QED) is 0.584. The zero-order chi connectivity index (χ0) is 14.0. The normalized spacial score (nSPS) is 12.7. The van der Waals surface area contributed by atoms with Crippen LogP contribution < -0.4 is 0 Å². The lowest BCUT2D eigenvalue weighted by Gasteiger charge is -2.13. The van der Waals surface area contributed by atoms with Crippen LogP contribution in [0.15, 0.2) is 46.9 Å². The van der Waals surface area contributed by atoms with Gasteiger partial charge in [-0.05, 0) is 41.2 Å². The number of hydrogen-bond donors (Lipinski definition) is 0. The fourth-order valence-electron chi connectivity index (χ4n) is 2.07. The third-order valence-electron chi connectivity index (χ3n) is 3.37. The van der Waals surface area contributed by atoms with Crippen molar-refractivity contribution in [2.24, 2.45) is 0 Å². The maximum atomic E-state index is 6.57. The molecular weight excluding hydrogens is 320 g/mol. The Kier molecular flexibility index (Phi) is 4.70. The first-order valence-electron chi connectivity index (χ1n) is 6.49. The predicted molar refractivity (Wildman–Crippen MR) is 87.1 cm³/mol. The van der Waals surface area contributed by atoms with Crippen LogP contribution in [0.5, 0.6) is 0 Å². The molecule has 1 unspecified atom stereocenters. The first kappa shape index (κ1) is 14.6. The van der Waals surface area contributed by atoms with Gasteiger partial charge in [-0.25, -0.2) is 0 Å². The Morgan fingerprint density at radius 1 is 0.895 bits per heavy atom. The molecule has 0 aliphatic heterocycles. The lowest BCUT2D eigenvalue weighted by atomic mass is 9.98. The number of benzene rings is 2. The van der Waals surface area contributed by atoms with Crippen LogP contribution in [0.25, 0.3) is 0 Å². The topological polar surface area (TPSA) is 0 Å². The van der Waals surface area contributed by atoms with E-state index in [2.05, 4.69) is 79.2 Å². The largest absolute Gasteiger partial charge is 0.113 e. The molecule has 0 aliphatic carbocycles. The van der Waals surface area contributed by atoms with E-state index >= 15 is 0 Å². The molecule has 0 bridgehead atoms. The maximum absolute atomic E-state index is 6.57. The van der Waals surface area contributed by atoms with Crippen molar-refractivity contribution in [1.82, 2.24) is 0 Å². The van der Waals surface area contributed by atoms with Gasteiger partial charge in [-0.3, -0.25) is 0 Å². The molecule has 0 nitrogen and oxygen atoms in total. The smallest absolute Gasteiger partial charge is 0.0835 e. The highest BCUT2D eigenvalue weighted by atomic mass is 79.9. The van der Waals surface area contributed by atoms with Crippen molar-refractivity contribution >= 4 is 27.5 Å². The average molecular weight is 338 g/mol. The maximum Gasteiger partial charge on any atom is 0.0835 e. The zero-order valence-corrected chi connectivity index (χ0v) is 13.8. The van der Waals surface area contributed by atoms with Gasteiger partial charge in [0.05, 0.1) is 5.38 Å². The van der Waals surface area contributed by atoms with Crippen molar-refractivity contribution < 1.29 is 0 Å². The lowest BCUT2D eigenvalue weighted by molar-refractivity contribution is 0.865. The van der Waals surface area contributed by atoms with Gasteiger partial charge in [-0.1, -0.05) is 66.2 Å². The Bertz CT molecular complexity index is 558. The van der Waals surface area contributed by atoms with Gasteiger partial charge in [-0.15, -0.1) is 11.6 Å². The fraction of sp³-hybridized carbons (Fsp3) is 0.294. The van der Waals surface area contributed by atoms with E-state index in [1.807, 2.05) is 0 Å². The molecule has 0 aromatic heterocycles. The highest BCUT2D eigenvalue weighted by Gasteiger charge is 2.12. The van der Waals surface area contributed by atoms with Crippen molar-refractivity contribution in [3.05, 3.63) is 69.2 Å². The SMILES string of the molecule is Cc1cc(C(Cl)c2ccc(C(C)C)cc2)ccc1Br. The summed E-state index contributed by atoms with van der Waals surface area (Å²) in [5.41, 5.74) is 4.84. The Morgan fingerprint density at radius 3 is 1.95 bits per heavy atom. The van der Waals surface area contributed by atoms with E-state index in [4.69, 9.17) is 11.6 Å². The summed E-state index contributed by atoms with van der Waals surface area (Å²) in [5, 5.41) is -0.0898. The number of aryl methyl sites for hydroxylation is 1. The summed E-state index contributed by atoms with van der Waals surface area (Å²) in [6, 6.07) is 14.9. The Balaban J connectivity index is 2.27. The molecule has 2 aromatic carbocycles. The van der Waals surface area contributed by atoms with Crippen molar-refractivity contribution in [1.29, 1.82) is 0 Å². The molecule has 0 heterocycles. The van der Waals surface area contributed by atoms with Crippen molar-refractivity contribution in [2.75, 3.05) is 0 Å². The Labute approximate surface area is 128 Å². The minimum absolute atomic E-state index is 0.0898. The Morgan fingerprint density at radius 2 is 1.42 bits per heavy atom. The minimum Gasteiger partial charge on any atom is -0.113 e. The highest BCUT2D eigenvalue weighted by molar-refractivity contribution is 9.10. The molecule has 19 heavy (non-hydrogen) atoms. The van der Waals surface area contributed by atoms with E-state index in [9.17, 15) is 0 Å². The molecule has 0 radical (unpaired) electrons. The van der Waals surface area contributed by atoms with Crippen molar-refractivity contribution in [2.45, 2.75) is 32.1 Å². The number of rotatable bonds is 3. The highest BCUT2D eigenvalue weighted by Crippen LogP contribution is 2.31. The minimum atomic E-state index is -0.0898. The van der Waals surface area contributed by atoms with Gasteiger partial charge in [0.15, 0.2) is 0 Å². The second-order valence-electron chi connectivity index (χ2n) is 5.19. The van der Waals surface area contributed by atoms with E-state index < -0.39 is 0 Å². The van der Waals surface area contributed by atoms with Gasteiger partial charge < -0.3 is 0 Å². The summed E-state index contributed by atoms with van der Waals surface area (Å²) >= 11 is 10.1. The number of hydrogen-bond acceptors (Lipinski definition) is 0. The summed E-state index contributed by atoms with van der Waals surface area (Å²) in [6.45, 7) is 6.48. The molecule has 0 saturated carbocycles. The molecule has 0 N–H and O–H groups in total. The predicted octanol–water partition coefficient (Wildman–Crippen LogP) is 6.21. The molecule has 0 spiro atoms. The number of halogens is 2. The molecule has 0 aliphatic rings. The van der Waals surface area contributed by atoms with Crippen LogP contribution in [0.4, 0.5) is 0 Å². The van der Waals surface area contributed by atoms with Crippen LogP contribution in [0.1, 0.15) is 47.4 Å². The summed E-state index contributed by atoms with van der Waals surface area (Å²) in [7, 11) is 0. The first-order valence-corrected chi connectivity index (χ1v) is 7.72. The molecule has 0 amide bonds. The molecule has 2 heteroatoms. The van der Waals surface area contributed by atoms with E-state index in [-0.39, 0.29) is 5.38 Å². The van der Waals surface area contributed by atoms with Crippen LogP contribution in [-0.2, 0) is 0 Å². The third-order valence-corrected chi connectivity index (χ3v) is 4.76. The lowest BCUT2D eigenvalue weighted by Crippen LogP contribution is -1.95. The van der Waals surface area contributed by atoms with Gasteiger partial charge in [0.1, 0.15) is 0 Å². The molecule has 2 rings (SSSR count). The van der Waals surface area contributed by atoms with E-state index in [0.29, 0.717) is 5.92 Å². The molecule has 2 aromatic rings. The van der Waals surface area contributed by atoms with Crippen molar-refractivity contribution in [3.63, 3.8) is 0 Å². The van der Waals surface area contributed by atoms with Crippen LogP contribution >= 0.6 is 27.5 Å². The zero-order valence-electron chi connectivity index (χ0n) is 11.5. The van der Waals surface area contributed by atoms with E-state index in [1.165, 1.54) is 11.1 Å². The van der Waals surface area contributed by atoms with Gasteiger partial charge in [-0.2, -0.15) is 0 Å². The van der Waals surface area contributed by atoms with Gasteiger partial charge in [0, 0.05) is 4.47 Å². The Hall–Kier alpha value is -0.790. The standard InChI is InChI=1S/C17H18BrCl/c1-11(2)13-4-6-14(7-5-13)17(19)15-8-9-16(18)12(3)10-15/h4-11,17H,1-3H3. The summed E-state index contributed by atoms with van der Waals surface area (Å²) in [4.78, 5) is 0. The number of alkyl halides is 1. The van der Waals surface area contributed by atoms with Crippen LogP contribution in [0, 0.1) is 6.92 Å². The fourth-order valence-corrected chi connectivity index (χ4v) is 2.60. The van der Waals surface area contributed by atoms with Crippen LogP contribution in [0.2, 0.25) is 0 Å². The molecule has 100 valence electrons. The second kappa shape index (κ2) is 6.11. The second-order valence-corrected chi connectivity index (χ2v) is 6.48. The first-order chi connectivity index (χ1) is 8.99. The molecule has 1 atom stereocenters. The summed E-state index contributed by atoms with van der Waals surface area (Å²) in [5.74, 6) is 0.553. The van der Waals surface area contributed by atoms with Crippen molar-refractivity contribution in [3.8, 4) is 0 Å². The van der Waals surface area contributed by atoms with E-state index in [0.717, 1.165) is 15.6 Å². The monoisotopic (exact) mass is 336 g/mol. The molecule has 0 saturated heterocycles. The molecule has 0 fully saturated rings. The van der Waals surface area contributed by atoms with Crippen LogP contribution in [-0.4, -0.2) is 0 Å².